The van der Waals surface area contributed by atoms with E-state index in [9.17, 15) is 4.39 Å². The van der Waals surface area contributed by atoms with Crippen molar-refractivity contribution in [3.8, 4) is 5.75 Å². The third kappa shape index (κ3) is 7.17. The predicted molar refractivity (Wildman–Crippen MR) is 141 cm³/mol. The lowest BCUT2D eigenvalue weighted by Crippen LogP contribution is -2.40. The van der Waals surface area contributed by atoms with Crippen molar-refractivity contribution in [2.75, 3.05) is 44.9 Å². The van der Waals surface area contributed by atoms with Crippen LogP contribution in [0.15, 0.2) is 47.5 Å². The normalized spacial score (nSPS) is 16.1. The minimum absolute atomic E-state index is 0. The van der Waals surface area contributed by atoms with Crippen LogP contribution in [0.3, 0.4) is 0 Å². The van der Waals surface area contributed by atoms with Gasteiger partial charge in [0.2, 0.25) is 0 Å². The van der Waals surface area contributed by atoms with E-state index in [1.54, 1.807) is 32.0 Å². The topological polar surface area (TPSA) is 48.9 Å². The zero-order valence-corrected chi connectivity index (χ0v) is 21.5. The van der Waals surface area contributed by atoms with E-state index < -0.39 is 0 Å². The molecule has 31 heavy (non-hydrogen) atoms. The summed E-state index contributed by atoms with van der Waals surface area (Å²) in [5.74, 6) is 2.83. The van der Waals surface area contributed by atoms with Crippen LogP contribution in [-0.4, -0.2) is 46.0 Å². The van der Waals surface area contributed by atoms with E-state index in [4.69, 9.17) is 4.74 Å². The second-order valence-corrected chi connectivity index (χ2v) is 8.29. The summed E-state index contributed by atoms with van der Waals surface area (Å²) >= 11 is 1.69. The van der Waals surface area contributed by atoms with Crippen LogP contribution in [0.2, 0.25) is 0 Å². The number of benzene rings is 2. The molecule has 1 aliphatic heterocycles. The van der Waals surface area contributed by atoms with Gasteiger partial charge < -0.3 is 20.3 Å². The first-order chi connectivity index (χ1) is 14.6. The molecular weight excluding hydrogens is 526 g/mol. The summed E-state index contributed by atoms with van der Waals surface area (Å²) < 4.78 is 19.1. The van der Waals surface area contributed by atoms with Crippen LogP contribution in [0, 0.1) is 11.7 Å². The number of methoxy groups -OCH3 is 1. The van der Waals surface area contributed by atoms with Crippen LogP contribution in [0.25, 0.3) is 0 Å². The minimum atomic E-state index is -0.189. The van der Waals surface area contributed by atoms with Crippen LogP contribution in [0.4, 0.5) is 10.1 Å². The van der Waals surface area contributed by atoms with Crippen molar-refractivity contribution in [3.63, 3.8) is 0 Å². The Labute approximate surface area is 206 Å². The van der Waals surface area contributed by atoms with E-state index in [-0.39, 0.29) is 29.8 Å². The van der Waals surface area contributed by atoms with Crippen molar-refractivity contribution in [1.82, 2.24) is 10.6 Å². The van der Waals surface area contributed by atoms with Gasteiger partial charge >= 0.3 is 0 Å². The number of halogens is 2. The maximum absolute atomic E-state index is 13.6. The lowest BCUT2D eigenvalue weighted by Gasteiger charge is -2.21. The van der Waals surface area contributed by atoms with E-state index >= 15 is 0 Å². The van der Waals surface area contributed by atoms with Gasteiger partial charge in [0.15, 0.2) is 5.96 Å². The average molecular weight is 559 g/mol. The molecule has 0 bridgehead atoms. The second-order valence-electron chi connectivity index (χ2n) is 7.43. The fourth-order valence-corrected chi connectivity index (χ4v) is 4.39. The SMILES string of the molecule is CN=C(NCc1ccc(F)cc1CSC)NCC1CCN(c2ccccc2OC)C1.I. The van der Waals surface area contributed by atoms with E-state index in [1.165, 1.54) is 6.07 Å². The highest BCUT2D eigenvalue weighted by atomic mass is 127. The third-order valence-corrected chi connectivity index (χ3v) is 6.01. The van der Waals surface area contributed by atoms with Crippen molar-refractivity contribution in [3.05, 3.63) is 59.4 Å². The molecule has 1 atom stereocenters. The molecule has 0 aromatic heterocycles. The molecule has 0 amide bonds. The third-order valence-electron chi connectivity index (χ3n) is 5.41. The first kappa shape index (κ1) is 25.6. The van der Waals surface area contributed by atoms with Crippen LogP contribution < -0.4 is 20.3 Å². The Morgan fingerprint density at radius 3 is 2.77 bits per heavy atom. The van der Waals surface area contributed by atoms with Gasteiger partial charge in [0, 0.05) is 39.0 Å². The quantitative estimate of drug-likeness (QED) is 0.284. The molecule has 3 rings (SSSR count). The maximum atomic E-state index is 13.6. The largest absolute Gasteiger partial charge is 0.495 e. The molecule has 170 valence electrons. The molecule has 8 heteroatoms. The summed E-state index contributed by atoms with van der Waals surface area (Å²) in [7, 11) is 3.49. The molecule has 1 aliphatic rings. The van der Waals surface area contributed by atoms with Gasteiger partial charge in [-0.1, -0.05) is 18.2 Å². The highest BCUT2D eigenvalue weighted by Gasteiger charge is 2.24. The van der Waals surface area contributed by atoms with Gasteiger partial charge in [-0.2, -0.15) is 11.8 Å². The molecule has 1 unspecified atom stereocenters. The summed E-state index contributed by atoms with van der Waals surface area (Å²) in [4.78, 5) is 6.73. The van der Waals surface area contributed by atoms with Crippen molar-refractivity contribution >= 4 is 47.4 Å². The van der Waals surface area contributed by atoms with Gasteiger partial charge in [-0.05, 0) is 54.0 Å². The van der Waals surface area contributed by atoms with Crippen LogP contribution in [0.1, 0.15) is 17.5 Å². The van der Waals surface area contributed by atoms with Crippen molar-refractivity contribution in [1.29, 1.82) is 0 Å². The van der Waals surface area contributed by atoms with Crippen molar-refractivity contribution in [2.24, 2.45) is 10.9 Å². The highest BCUT2D eigenvalue weighted by Crippen LogP contribution is 2.31. The number of guanidine groups is 1. The number of hydrogen-bond donors (Lipinski definition) is 2. The molecule has 5 nitrogen and oxygen atoms in total. The Morgan fingerprint density at radius 1 is 1.23 bits per heavy atom. The van der Waals surface area contributed by atoms with E-state index in [0.717, 1.165) is 60.3 Å². The van der Waals surface area contributed by atoms with E-state index in [2.05, 4.69) is 32.7 Å². The summed E-state index contributed by atoms with van der Waals surface area (Å²) in [5, 5.41) is 6.81. The summed E-state index contributed by atoms with van der Waals surface area (Å²) in [6.07, 6.45) is 3.15. The molecule has 1 saturated heterocycles. The first-order valence-corrected chi connectivity index (χ1v) is 11.6. The predicted octanol–water partition coefficient (Wildman–Crippen LogP) is 4.51. The number of rotatable bonds is 8. The smallest absolute Gasteiger partial charge is 0.191 e. The molecule has 2 N–H and O–H groups in total. The van der Waals surface area contributed by atoms with E-state index in [1.807, 2.05) is 24.5 Å². The van der Waals surface area contributed by atoms with Crippen LogP contribution in [0.5, 0.6) is 5.75 Å². The maximum Gasteiger partial charge on any atom is 0.191 e. The zero-order valence-electron chi connectivity index (χ0n) is 18.4. The van der Waals surface area contributed by atoms with Crippen molar-refractivity contribution in [2.45, 2.75) is 18.7 Å². The van der Waals surface area contributed by atoms with E-state index in [0.29, 0.717) is 12.5 Å². The highest BCUT2D eigenvalue weighted by molar-refractivity contribution is 14.0. The number of thioether (sulfide) groups is 1. The Balaban J connectivity index is 0.00000341. The monoisotopic (exact) mass is 558 g/mol. The number of nitrogens with one attached hydrogen (secondary N) is 2. The number of para-hydroxylation sites is 2. The zero-order chi connectivity index (χ0) is 21.3. The Bertz CT molecular complexity index is 867. The summed E-state index contributed by atoms with van der Waals surface area (Å²) in [5.41, 5.74) is 3.27. The lowest BCUT2D eigenvalue weighted by atomic mass is 10.1. The molecule has 0 saturated carbocycles. The standard InChI is InChI=1S/C23H31FN4OS.HI/c1-25-23(27-14-18-8-9-20(24)12-19(18)16-30-3)26-13-17-10-11-28(15-17)21-6-4-5-7-22(21)29-2;/h4-9,12,17H,10-11,13-16H2,1-3H3,(H2,25,26,27);1H. The number of ether oxygens (including phenoxy) is 1. The van der Waals surface area contributed by atoms with Gasteiger partial charge in [-0.3, -0.25) is 4.99 Å². The van der Waals surface area contributed by atoms with Gasteiger partial charge in [-0.15, -0.1) is 24.0 Å². The minimum Gasteiger partial charge on any atom is -0.495 e. The number of anilines is 1. The number of nitrogens with zero attached hydrogens (tertiary/aromatic N) is 2. The number of hydrogen-bond acceptors (Lipinski definition) is 4. The summed E-state index contributed by atoms with van der Waals surface area (Å²) in [6.45, 7) is 3.48. The Morgan fingerprint density at radius 2 is 2.03 bits per heavy atom. The molecule has 1 heterocycles. The summed E-state index contributed by atoms with van der Waals surface area (Å²) in [6, 6.07) is 13.2. The molecule has 0 spiro atoms. The first-order valence-electron chi connectivity index (χ1n) is 10.2. The van der Waals surface area contributed by atoms with Gasteiger partial charge in [0.25, 0.3) is 0 Å². The van der Waals surface area contributed by atoms with Crippen LogP contribution in [-0.2, 0) is 12.3 Å². The molecule has 0 aliphatic carbocycles. The molecule has 2 aromatic carbocycles. The Hall–Kier alpha value is -1.68. The Kier molecular flexibility index (Phi) is 10.7. The fourth-order valence-electron chi connectivity index (χ4n) is 3.81. The van der Waals surface area contributed by atoms with Gasteiger partial charge in [0.1, 0.15) is 11.6 Å². The van der Waals surface area contributed by atoms with Gasteiger partial charge in [-0.25, -0.2) is 4.39 Å². The lowest BCUT2D eigenvalue weighted by molar-refractivity contribution is 0.414. The second kappa shape index (κ2) is 13.0. The number of aliphatic imine (C=N–C) groups is 1. The van der Waals surface area contributed by atoms with Crippen molar-refractivity contribution < 1.29 is 9.13 Å². The molecule has 2 aromatic rings. The molecule has 0 radical (unpaired) electrons. The molecule has 1 fully saturated rings. The fraction of sp³-hybridized carbons (Fsp3) is 0.435. The average Bonchev–Trinajstić information content (AvgIpc) is 3.24. The molecular formula is C23H32FIN4OS. The van der Waals surface area contributed by atoms with Gasteiger partial charge in [0.05, 0.1) is 12.8 Å². The van der Waals surface area contributed by atoms with Crippen LogP contribution >= 0.6 is 35.7 Å².